The van der Waals surface area contributed by atoms with Crippen LogP contribution in [0.5, 0.6) is 17.2 Å². The van der Waals surface area contributed by atoms with E-state index in [0.29, 0.717) is 34.3 Å². The van der Waals surface area contributed by atoms with Crippen LogP contribution in [0.3, 0.4) is 0 Å². The normalized spacial score (nSPS) is 10.7. The SMILES string of the molecule is COc1ccc(-c2coc3c(CC=C(C)C)c(O)c(OC)cc3c2=O)cc1. The van der Waals surface area contributed by atoms with Crippen molar-refractivity contribution in [1.29, 1.82) is 0 Å². The van der Waals surface area contributed by atoms with Gasteiger partial charge < -0.3 is 19.0 Å². The van der Waals surface area contributed by atoms with E-state index in [9.17, 15) is 9.90 Å². The fourth-order valence-corrected chi connectivity index (χ4v) is 2.92. The Morgan fingerprint density at radius 3 is 2.44 bits per heavy atom. The van der Waals surface area contributed by atoms with Crippen molar-refractivity contribution < 1.29 is 19.0 Å². The van der Waals surface area contributed by atoms with Crippen LogP contribution in [0.1, 0.15) is 19.4 Å². The minimum atomic E-state index is -0.182. The average Bonchev–Trinajstić information content (AvgIpc) is 2.67. The van der Waals surface area contributed by atoms with Gasteiger partial charge in [0.25, 0.3) is 0 Å². The number of aromatic hydroxyl groups is 1. The van der Waals surface area contributed by atoms with E-state index in [1.54, 1.807) is 31.4 Å². The number of hydrogen-bond donors (Lipinski definition) is 1. The van der Waals surface area contributed by atoms with Gasteiger partial charge in [-0.3, -0.25) is 4.79 Å². The minimum Gasteiger partial charge on any atom is -0.504 e. The molecular formula is C22H22O5. The first-order valence-electron chi connectivity index (χ1n) is 8.58. The van der Waals surface area contributed by atoms with Crippen LogP contribution in [0.25, 0.3) is 22.1 Å². The third kappa shape index (κ3) is 3.53. The largest absolute Gasteiger partial charge is 0.504 e. The zero-order chi connectivity index (χ0) is 19.6. The summed E-state index contributed by atoms with van der Waals surface area (Å²) < 4.78 is 16.2. The summed E-state index contributed by atoms with van der Waals surface area (Å²) in [4.78, 5) is 13.1. The number of benzene rings is 2. The molecule has 1 aromatic heterocycles. The van der Waals surface area contributed by atoms with Crippen molar-refractivity contribution in [2.75, 3.05) is 14.2 Å². The molecule has 0 radical (unpaired) electrons. The molecule has 0 unspecified atom stereocenters. The maximum atomic E-state index is 13.1. The summed E-state index contributed by atoms with van der Waals surface area (Å²) in [6.07, 6.45) is 3.84. The molecule has 0 atom stereocenters. The molecule has 0 amide bonds. The van der Waals surface area contributed by atoms with E-state index in [1.165, 1.54) is 19.4 Å². The van der Waals surface area contributed by atoms with Crippen molar-refractivity contribution in [1.82, 2.24) is 0 Å². The first kappa shape index (κ1) is 18.6. The number of hydrogen-bond acceptors (Lipinski definition) is 5. The highest BCUT2D eigenvalue weighted by Crippen LogP contribution is 2.37. The van der Waals surface area contributed by atoms with Crippen LogP contribution in [0.15, 0.2) is 57.5 Å². The molecule has 0 saturated heterocycles. The average molecular weight is 366 g/mol. The topological polar surface area (TPSA) is 68.9 Å². The van der Waals surface area contributed by atoms with Gasteiger partial charge in [-0.1, -0.05) is 23.8 Å². The Morgan fingerprint density at radius 1 is 1.15 bits per heavy atom. The highest BCUT2D eigenvalue weighted by atomic mass is 16.5. The molecule has 27 heavy (non-hydrogen) atoms. The summed E-state index contributed by atoms with van der Waals surface area (Å²) in [7, 11) is 3.05. The van der Waals surface area contributed by atoms with Crippen LogP contribution in [-0.2, 0) is 6.42 Å². The second-order valence-electron chi connectivity index (χ2n) is 6.48. The third-order valence-corrected chi connectivity index (χ3v) is 4.43. The Morgan fingerprint density at radius 2 is 1.85 bits per heavy atom. The lowest BCUT2D eigenvalue weighted by Gasteiger charge is -2.12. The fourth-order valence-electron chi connectivity index (χ4n) is 2.92. The molecule has 1 heterocycles. The second-order valence-corrected chi connectivity index (χ2v) is 6.48. The molecule has 0 spiro atoms. The lowest BCUT2D eigenvalue weighted by Crippen LogP contribution is -2.06. The summed E-state index contributed by atoms with van der Waals surface area (Å²) in [5.41, 5.74) is 2.98. The van der Waals surface area contributed by atoms with Gasteiger partial charge in [-0.2, -0.15) is 0 Å². The molecular weight excluding hydrogens is 344 g/mol. The van der Waals surface area contributed by atoms with Crippen molar-refractivity contribution in [3.05, 3.63) is 64.0 Å². The molecule has 0 aliphatic heterocycles. The quantitative estimate of drug-likeness (QED) is 0.663. The van der Waals surface area contributed by atoms with Gasteiger partial charge in [-0.25, -0.2) is 0 Å². The van der Waals surface area contributed by atoms with Gasteiger partial charge in [0.1, 0.15) is 17.6 Å². The number of allylic oxidation sites excluding steroid dienone is 2. The fraction of sp³-hybridized carbons (Fsp3) is 0.227. The number of ether oxygens (including phenoxy) is 2. The minimum absolute atomic E-state index is 0.0113. The molecule has 3 rings (SSSR count). The standard InChI is InChI=1S/C22H22O5/c1-13(2)5-10-16-21(24)19(26-4)11-17-20(23)18(12-27-22(16)17)14-6-8-15(25-3)9-7-14/h5-9,11-12,24H,10H2,1-4H3. The molecule has 0 aliphatic rings. The first-order chi connectivity index (χ1) is 13.0. The maximum absolute atomic E-state index is 13.1. The number of methoxy groups -OCH3 is 2. The molecule has 0 fully saturated rings. The van der Waals surface area contributed by atoms with Crippen LogP contribution >= 0.6 is 0 Å². The molecule has 2 aromatic carbocycles. The van der Waals surface area contributed by atoms with Crippen LogP contribution < -0.4 is 14.9 Å². The molecule has 0 saturated carbocycles. The smallest absolute Gasteiger partial charge is 0.200 e. The zero-order valence-electron chi connectivity index (χ0n) is 15.8. The lowest BCUT2D eigenvalue weighted by atomic mass is 10.0. The van der Waals surface area contributed by atoms with Gasteiger partial charge in [-0.05, 0) is 44.0 Å². The first-order valence-corrected chi connectivity index (χ1v) is 8.58. The zero-order valence-corrected chi connectivity index (χ0v) is 15.8. The number of phenolic OH excluding ortho intramolecular Hbond substituents is 1. The number of rotatable bonds is 5. The van der Waals surface area contributed by atoms with Gasteiger partial charge in [0.05, 0.1) is 25.2 Å². The summed E-state index contributed by atoms with van der Waals surface area (Å²) in [5, 5.41) is 10.9. The highest BCUT2D eigenvalue weighted by Gasteiger charge is 2.18. The summed E-state index contributed by atoms with van der Waals surface area (Å²) >= 11 is 0. The monoisotopic (exact) mass is 366 g/mol. The van der Waals surface area contributed by atoms with Crippen LogP contribution in [0.2, 0.25) is 0 Å². The van der Waals surface area contributed by atoms with Crippen molar-refractivity contribution in [3.8, 4) is 28.4 Å². The maximum Gasteiger partial charge on any atom is 0.200 e. The van der Waals surface area contributed by atoms with Gasteiger partial charge >= 0.3 is 0 Å². The van der Waals surface area contributed by atoms with Crippen molar-refractivity contribution in [3.63, 3.8) is 0 Å². The van der Waals surface area contributed by atoms with Crippen molar-refractivity contribution >= 4 is 11.0 Å². The van der Waals surface area contributed by atoms with Crippen LogP contribution in [0.4, 0.5) is 0 Å². The Labute approximate surface area is 157 Å². The van der Waals surface area contributed by atoms with Gasteiger partial charge in [0.2, 0.25) is 5.43 Å². The Hall–Kier alpha value is -3.21. The molecule has 0 bridgehead atoms. The van der Waals surface area contributed by atoms with E-state index < -0.39 is 0 Å². The molecule has 0 aliphatic carbocycles. The van der Waals surface area contributed by atoms with Gasteiger partial charge in [-0.15, -0.1) is 0 Å². The number of fused-ring (bicyclic) bond motifs is 1. The Balaban J connectivity index is 2.24. The molecule has 140 valence electrons. The lowest BCUT2D eigenvalue weighted by molar-refractivity contribution is 0.371. The van der Waals surface area contributed by atoms with Gasteiger partial charge in [0.15, 0.2) is 11.5 Å². The summed E-state index contributed by atoms with van der Waals surface area (Å²) in [6.45, 7) is 3.94. The summed E-state index contributed by atoms with van der Waals surface area (Å²) in [5.74, 6) is 0.946. The molecule has 5 nitrogen and oxygen atoms in total. The molecule has 1 N–H and O–H groups in total. The van der Waals surface area contributed by atoms with E-state index in [0.717, 1.165) is 11.1 Å². The van der Waals surface area contributed by atoms with E-state index in [2.05, 4.69) is 0 Å². The third-order valence-electron chi connectivity index (χ3n) is 4.43. The van der Waals surface area contributed by atoms with Crippen molar-refractivity contribution in [2.45, 2.75) is 20.3 Å². The predicted octanol–water partition coefficient (Wildman–Crippen LogP) is 4.69. The summed E-state index contributed by atoms with van der Waals surface area (Å²) in [6, 6.07) is 8.71. The van der Waals surface area contributed by atoms with Crippen LogP contribution in [0, 0.1) is 0 Å². The number of phenols is 1. The molecule has 5 heteroatoms. The second kappa shape index (κ2) is 7.58. The van der Waals surface area contributed by atoms with Crippen molar-refractivity contribution in [2.24, 2.45) is 0 Å². The van der Waals surface area contributed by atoms with E-state index >= 15 is 0 Å². The molecule has 3 aromatic rings. The Kier molecular flexibility index (Phi) is 5.21. The van der Waals surface area contributed by atoms with Crippen LogP contribution in [-0.4, -0.2) is 19.3 Å². The highest BCUT2D eigenvalue weighted by molar-refractivity contribution is 5.88. The Bertz CT molecular complexity index is 1050. The van der Waals surface area contributed by atoms with E-state index in [-0.39, 0.29) is 16.9 Å². The predicted molar refractivity (Wildman–Crippen MR) is 106 cm³/mol. The van der Waals surface area contributed by atoms with Gasteiger partial charge in [0, 0.05) is 5.56 Å². The van der Waals surface area contributed by atoms with E-state index in [1.807, 2.05) is 19.9 Å². The van der Waals surface area contributed by atoms with E-state index in [4.69, 9.17) is 13.9 Å².